The molecule has 0 spiro atoms. The predicted octanol–water partition coefficient (Wildman–Crippen LogP) is 3.90. The number of hydrogen-bond acceptors (Lipinski definition) is 4. The molecule has 2 aromatic rings. The van der Waals surface area contributed by atoms with Crippen LogP contribution in [0.15, 0.2) is 22.7 Å². The van der Waals surface area contributed by atoms with Crippen molar-refractivity contribution in [1.82, 2.24) is 10.1 Å². The zero-order valence-corrected chi connectivity index (χ0v) is 14.1. The van der Waals surface area contributed by atoms with Gasteiger partial charge >= 0.3 is 0 Å². The first-order chi connectivity index (χ1) is 11.7. The average Bonchev–Trinajstić information content (AvgIpc) is 3.32. The van der Waals surface area contributed by atoms with E-state index in [2.05, 4.69) is 16.2 Å². The quantitative estimate of drug-likeness (QED) is 0.855. The number of anilines is 1. The molecule has 0 bridgehead atoms. The van der Waals surface area contributed by atoms with Crippen molar-refractivity contribution in [2.45, 2.75) is 51.9 Å². The van der Waals surface area contributed by atoms with Crippen molar-refractivity contribution in [3.63, 3.8) is 0 Å². The summed E-state index contributed by atoms with van der Waals surface area (Å²) in [5.41, 5.74) is 3.20. The molecule has 24 heavy (non-hydrogen) atoms. The fourth-order valence-electron chi connectivity index (χ4n) is 3.98. The van der Waals surface area contributed by atoms with E-state index in [0.717, 1.165) is 36.6 Å². The van der Waals surface area contributed by atoms with Crippen molar-refractivity contribution in [1.29, 1.82) is 0 Å². The minimum absolute atomic E-state index is 0.267. The van der Waals surface area contributed by atoms with Gasteiger partial charge in [0.05, 0.1) is 0 Å². The van der Waals surface area contributed by atoms with Gasteiger partial charge in [0.2, 0.25) is 17.6 Å². The smallest absolute Gasteiger partial charge is 0.227 e. The third-order valence-electron chi connectivity index (χ3n) is 5.30. The first kappa shape index (κ1) is 15.4. The Morgan fingerprint density at radius 3 is 2.92 bits per heavy atom. The van der Waals surface area contributed by atoms with Gasteiger partial charge in [0.25, 0.3) is 0 Å². The number of hydrogen-bond donors (Lipinski definition) is 0. The Kier molecular flexibility index (Phi) is 4.08. The molecule has 1 aromatic carbocycles. The number of carbonyl (C=O) groups excluding carboxylic acids is 1. The molecule has 5 nitrogen and oxygen atoms in total. The van der Waals surface area contributed by atoms with Crippen LogP contribution in [-0.4, -0.2) is 22.6 Å². The van der Waals surface area contributed by atoms with E-state index in [-0.39, 0.29) is 5.91 Å². The van der Waals surface area contributed by atoms with Crippen LogP contribution in [0.5, 0.6) is 0 Å². The molecule has 1 amide bonds. The highest BCUT2D eigenvalue weighted by Gasteiger charge is 2.26. The van der Waals surface area contributed by atoms with E-state index in [0.29, 0.717) is 18.1 Å². The van der Waals surface area contributed by atoms with Crippen molar-refractivity contribution in [3.8, 4) is 11.4 Å². The highest BCUT2D eigenvalue weighted by Crippen LogP contribution is 2.33. The first-order valence-electron chi connectivity index (χ1n) is 8.94. The lowest BCUT2D eigenvalue weighted by molar-refractivity contribution is -0.118. The van der Waals surface area contributed by atoms with Gasteiger partial charge in [-0.3, -0.25) is 4.79 Å². The normalized spacial score (nSPS) is 17.5. The molecule has 0 unspecified atom stereocenters. The third-order valence-corrected chi connectivity index (χ3v) is 5.30. The lowest BCUT2D eigenvalue weighted by Crippen LogP contribution is -2.28. The number of carbonyl (C=O) groups is 1. The van der Waals surface area contributed by atoms with Crippen LogP contribution in [-0.2, 0) is 11.2 Å². The van der Waals surface area contributed by atoms with Crippen molar-refractivity contribution in [2.24, 2.45) is 5.92 Å². The van der Waals surface area contributed by atoms with Gasteiger partial charge in [0.1, 0.15) is 0 Å². The molecule has 0 radical (unpaired) electrons. The number of aromatic nitrogens is 2. The largest absolute Gasteiger partial charge is 0.339 e. The van der Waals surface area contributed by atoms with Crippen molar-refractivity contribution in [2.75, 3.05) is 11.4 Å². The van der Waals surface area contributed by atoms with Gasteiger partial charge in [-0.15, -0.1) is 0 Å². The summed E-state index contributed by atoms with van der Waals surface area (Å²) in [5.74, 6) is 2.21. The second-order valence-electron chi connectivity index (χ2n) is 6.97. The SMILES string of the molecule is Cc1nc(-c2ccc3c(c2)CCN3C(=O)CCC2CCCC2)no1. The van der Waals surface area contributed by atoms with E-state index >= 15 is 0 Å². The van der Waals surface area contributed by atoms with Crippen LogP contribution in [0.25, 0.3) is 11.4 Å². The van der Waals surface area contributed by atoms with Crippen molar-refractivity contribution < 1.29 is 9.32 Å². The van der Waals surface area contributed by atoms with Crippen LogP contribution in [0, 0.1) is 12.8 Å². The summed E-state index contributed by atoms with van der Waals surface area (Å²) in [5, 5.41) is 3.97. The predicted molar refractivity (Wildman–Crippen MR) is 91.7 cm³/mol. The summed E-state index contributed by atoms with van der Waals surface area (Å²) in [6.45, 7) is 2.57. The van der Waals surface area contributed by atoms with Crippen molar-refractivity contribution in [3.05, 3.63) is 29.7 Å². The molecule has 1 fully saturated rings. The standard InChI is InChI=1S/C19H23N3O2/c1-13-20-19(21-24-13)16-7-8-17-15(12-16)10-11-22(17)18(23)9-6-14-4-2-3-5-14/h7-8,12,14H,2-6,9-11H2,1H3. The molecule has 1 aliphatic heterocycles. The Labute approximate surface area is 142 Å². The van der Waals surface area contributed by atoms with E-state index in [4.69, 9.17) is 4.52 Å². The fourth-order valence-corrected chi connectivity index (χ4v) is 3.98. The van der Waals surface area contributed by atoms with Gasteiger partial charge in [-0.2, -0.15) is 4.98 Å². The number of benzene rings is 1. The van der Waals surface area contributed by atoms with Gasteiger partial charge in [-0.05, 0) is 42.5 Å². The Balaban J connectivity index is 1.46. The fraction of sp³-hybridized carbons (Fsp3) is 0.526. The number of rotatable bonds is 4. The third kappa shape index (κ3) is 2.95. The molecular weight excluding hydrogens is 302 g/mol. The van der Waals surface area contributed by atoms with Crippen LogP contribution in [0.4, 0.5) is 5.69 Å². The maximum atomic E-state index is 12.6. The summed E-state index contributed by atoms with van der Waals surface area (Å²) in [6.07, 6.45) is 7.90. The average molecular weight is 325 g/mol. The molecule has 4 rings (SSSR count). The second kappa shape index (κ2) is 6.38. The molecule has 126 valence electrons. The number of aryl methyl sites for hydroxylation is 1. The van der Waals surface area contributed by atoms with Crippen LogP contribution in [0.1, 0.15) is 50.0 Å². The monoisotopic (exact) mass is 325 g/mol. The Morgan fingerprint density at radius 1 is 1.33 bits per heavy atom. The highest BCUT2D eigenvalue weighted by molar-refractivity contribution is 5.95. The van der Waals surface area contributed by atoms with Crippen LogP contribution < -0.4 is 4.90 Å². The molecule has 0 N–H and O–H groups in total. The Hall–Kier alpha value is -2.17. The van der Waals surface area contributed by atoms with Crippen molar-refractivity contribution >= 4 is 11.6 Å². The molecule has 1 saturated carbocycles. The molecule has 0 atom stereocenters. The summed E-state index contributed by atoms with van der Waals surface area (Å²) in [7, 11) is 0. The molecule has 2 aliphatic rings. The number of amides is 1. The Morgan fingerprint density at radius 2 is 2.17 bits per heavy atom. The lowest BCUT2D eigenvalue weighted by atomic mass is 10.0. The first-order valence-corrected chi connectivity index (χ1v) is 8.94. The maximum absolute atomic E-state index is 12.6. The van der Waals surface area contributed by atoms with E-state index in [1.54, 1.807) is 6.92 Å². The highest BCUT2D eigenvalue weighted by atomic mass is 16.5. The summed E-state index contributed by atoms with van der Waals surface area (Å²) in [6, 6.07) is 6.09. The molecule has 0 saturated heterocycles. The van der Waals surface area contributed by atoms with Gasteiger partial charge in [-0.25, -0.2) is 0 Å². The minimum atomic E-state index is 0.267. The molecule has 1 aliphatic carbocycles. The minimum Gasteiger partial charge on any atom is -0.339 e. The van der Waals surface area contributed by atoms with Gasteiger partial charge < -0.3 is 9.42 Å². The van der Waals surface area contributed by atoms with Crippen LogP contribution in [0.3, 0.4) is 0 Å². The van der Waals surface area contributed by atoms with Crippen LogP contribution in [0.2, 0.25) is 0 Å². The van der Waals surface area contributed by atoms with E-state index in [9.17, 15) is 4.79 Å². The number of fused-ring (bicyclic) bond motifs is 1. The second-order valence-corrected chi connectivity index (χ2v) is 6.97. The zero-order valence-electron chi connectivity index (χ0n) is 14.1. The Bertz CT molecular complexity index is 747. The summed E-state index contributed by atoms with van der Waals surface area (Å²) < 4.78 is 5.05. The summed E-state index contributed by atoms with van der Waals surface area (Å²) in [4.78, 5) is 18.8. The molecule has 5 heteroatoms. The van der Waals surface area contributed by atoms with E-state index in [1.807, 2.05) is 17.0 Å². The summed E-state index contributed by atoms with van der Waals surface area (Å²) >= 11 is 0. The molecular formula is C19H23N3O2. The topological polar surface area (TPSA) is 59.2 Å². The maximum Gasteiger partial charge on any atom is 0.227 e. The van der Waals surface area contributed by atoms with Gasteiger partial charge in [0.15, 0.2) is 0 Å². The molecule has 1 aromatic heterocycles. The van der Waals surface area contributed by atoms with E-state index < -0.39 is 0 Å². The van der Waals surface area contributed by atoms with Gasteiger partial charge in [-0.1, -0.05) is 30.8 Å². The zero-order chi connectivity index (χ0) is 16.5. The number of nitrogens with zero attached hydrogens (tertiary/aromatic N) is 3. The lowest BCUT2D eigenvalue weighted by Gasteiger charge is -2.18. The van der Waals surface area contributed by atoms with Gasteiger partial charge in [0, 0.05) is 31.1 Å². The van der Waals surface area contributed by atoms with E-state index in [1.165, 1.54) is 31.2 Å². The van der Waals surface area contributed by atoms with Crippen LogP contribution >= 0.6 is 0 Å². The molecule has 2 heterocycles.